The number of hydrogen-bond acceptors (Lipinski definition) is 5. The van der Waals surface area contributed by atoms with Gasteiger partial charge in [-0.1, -0.05) is 18.9 Å². The van der Waals surface area contributed by atoms with Gasteiger partial charge in [0.15, 0.2) is 0 Å². The maximum atomic E-state index is 13.0. The molecule has 26 heavy (non-hydrogen) atoms. The number of amides is 3. The molecule has 3 fully saturated rings. The summed E-state index contributed by atoms with van der Waals surface area (Å²) in [6.07, 6.45) is 6.98. The fraction of sp³-hybridized carbons (Fsp3) is 0.579. The predicted octanol–water partition coefficient (Wildman–Crippen LogP) is 0.730. The number of pyridine rings is 1. The van der Waals surface area contributed by atoms with Crippen molar-refractivity contribution in [3.05, 3.63) is 30.1 Å². The van der Waals surface area contributed by atoms with Crippen molar-refractivity contribution in [3.63, 3.8) is 0 Å². The van der Waals surface area contributed by atoms with Crippen molar-refractivity contribution in [2.45, 2.75) is 31.7 Å². The average Bonchev–Trinajstić information content (AvgIpc) is 2.94. The lowest BCUT2D eigenvalue weighted by Crippen LogP contribution is -2.52. The van der Waals surface area contributed by atoms with Gasteiger partial charge in [0, 0.05) is 32.0 Å². The SMILES string of the molecule is O=C1C2CCCCC2C(=O)N1CC(=O)N1CCNCC1c1cccnc1. The third-order valence-corrected chi connectivity index (χ3v) is 5.86. The van der Waals surface area contributed by atoms with E-state index in [1.54, 1.807) is 17.3 Å². The third kappa shape index (κ3) is 3.00. The molecule has 3 atom stereocenters. The molecule has 2 aliphatic heterocycles. The van der Waals surface area contributed by atoms with Gasteiger partial charge in [-0.15, -0.1) is 0 Å². The summed E-state index contributed by atoms with van der Waals surface area (Å²) in [6, 6.07) is 3.68. The largest absolute Gasteiger partial charge is 0.331 e. The summed E-state index contributed by atoms with van der Waals surface area (Å²) in [6.45, 7) is 1.77. The van der Waals surface area contributed by atoms with Crippen molar-refractivity contribution < 1.29 is 14.4 Å². The van der Waals surface area contributed by atoms with Gasteiger partial charge in [-0.05, 0) is 24.5 Å². The second-order valence-electron chi connectivity index (χ2n) is 7.35. The van der Waals surface area contributed by atoms with Gasteiger partial charge in [0.05, 0.1) is 17.9 Å². The number of hydrogen-bond donors (Lipinski definition) is 1. The van der Waals surface area contributed by atoms with E-state index >= 15 is 0 Å². The number of fused-ring (bicyclic) bond motifs is 1. The van der Waals surface area contributed by atoms with Crippen molar-refractivity contribution >= 4 is 17.7 Å². The zero-order valence-corrected chi connectivity index (χ0v) is 14.8. The van der Waals surface area contributed by atoms with E-state index in [1.807, 2.05) is 12.1 Å². The molecule has 1 saturated carbocycles. The minimum atomic E-state index is -0.207. The Kier molecular flexibility index (Phi) is 4.72. The standard InChI is InChI=1S/C19H24N4O3/c24-17(12-23-18(25)14-5-1-2-6-15(14)19(23)26)22-9-8-21-11-16(22)13-4-3-7-20-10-13/h3-4,7,10,14-16,21H,1-2,5-6,8-9,11-12H2. The summed E-state index contributed by atoms with van der Waals surface area (Å²) in [5.41, 5.74) is 0.959. The summed E-state index contributed by atoms with van der Waals surface area (Å²) < 4.78 is 0. The molecule has 1 aromatic heterocycles. The Morgan fingerprint density at radius 1 is 1.19 bits per heavy atom. The van der Waals surface area contributed by atoms with Crippen LogP contribution in [0.1, 0.15) is 37.3 Å². The van der Waals surface area contributed by atoms with Gasteiger partial charge < -0.3 is 10.2 Å². The van der Waals surface area contributed by atoms with E-state index in [9.17, 15) is 14.4 Å². The number of likely N-dealkylation sites (tertiary alicyclic amines) is 1. The Balaban J connectivity index is 1.50. The molecule has 7 heteroatoms. The van der Waals surface area contributed by atoms with Crippen LogP contribution in [0.4, 0.5) is 0 Å². The fourth-order valence-corrected chi connectivity index (χ4v) is 4.49. The highest BCUT2D eigenvalue weighted by molar-refractivity contribution is 6.07. The van der Waals surface area contributed by atoms with Crippen molar-refractivity contribution in [1.82, 2.24) is 20.1 Å². The Morgan fingerprint density at radius 3 is 2.58 bits per heavy atom. The molecule has 1 N–H and O–H groups in total. The number of carbonyl (C=O) groups is 3. The Bertz CT molecular complexity index is 684. The second-order valence-corrected chi connectivity index (χ2v) is 7.35. The molecule has 4 rings (SSSR count). The molecule has 3 heterocycles. The molecule has 3 amide bonds. The van der Waals surface area contributed by atoms with E-state index in [0.717, 1.165) is 31.2 Å². The first-order valence-corrected chi connectivity index (χ1v) is 9.42. The number of rotatable bonds is 3. The Hall–Kier alpha value is -2.28. The highest BCUT2D eigenvalue weighted by Gasteiger charge is 2.49. The van der Waals surface area contributed by atoms with E-state index in [-0.39, 0.29) is 42.1 Å². The maximum absolute atomic E-state index is 13.0. The maximum Gasteiger partial charge on any atom is 0.243 e. The zero-order valence-electron chi connectivity index (χ0n) is 14.8. The summed E-state index contributed by atoms with van der Waals surface area (Å²) >= 11 is 0. The number of carbonyl (C=O) groups excluding carboxylic acids is 3. The lowest BCUT2D eigenvalue weighted by molar-refractivity contribution is -0.148. The molecule has 7 nitrogen and oxygen atoms in total. The predicted molar refractivity (Wildman–Crippen MR) is 93.7 cm³/mol. The number of imide groups is 1. The molecule has 0 radical (unpaired) electrons. The molecule has 0 bridgehead atoms. The van der Waals surface area contributed by atoms with Crippen LogP contribution >= 0.6 is 0 Å². The van der Waals surface area contributed by atoms with Crippen molar-refractivity contribution in [3.8, 4) is 0 Å². The summed E-state index contributed by atoms with van der Waals surface area (Å²) in [5.74, 6) is -0.884. The number of nitrogens with one attached hydrogen (secondary N) is 1. The average molecular weight is 356 g/mol. The second kappa shape index (κ2) is 7.15. The van der Waals surface area contributed by atoms with E-state index < -0.39 is 0 Å². The van der Waals surface area contributed by atoms with Crippen molar-refractivity contribution in [2.24, 2.45) is 11.8 Å². The van der Waals surface area contributed by atoms with Gasteiger partial charge in [0.25, 0.3) is 0 Å². The van der Waals surface area contributed by atoms with Gasteiger partial charge in [-0.25, -0.2) is 0 Å². The zero-order chi connectivity index (χ0) is 18.1. The van der Waals surface area contributed by atoms with Crippen LogP contribution in [-0.2, 0) is 14.4 Å². The van der Waals surface area contributed by atoms with Gasteiger partial charge in [0.1, 0.15) is 6.54 Å². The number of piperazine rings is 1. The topological polar surface area (TPSA) is 82.6 Å². The van der Waals surface area contributed by atoms with Crippen LogP contribution in [-0.4, -0.2) is 58.7 Å². The fourth-order valence-electron chi connectivity index (χ4n) is 4.49. The first kappa shape index (κ1) is 17.1. The van der Waals surface area contributed by atoms with Crippen LogP contribution in [0, 0.1) is 11.8 Å². The molecule has 138 valence electrons. The summed E-state index contributed by atoms with van der Waals surface area (Å²) in [7, 11) is 0. The van der Waals surface area contributed by atoms with Crippen LogP contribution in [0.3, 0.4) is 0 Å². The highest BCUT2D eigenvalue weighted by Crippen LogP contribution is 2.38. The lowest BCUT2D eigenvalue weighted by Gasteiger charge is -2.37. The van der Waals surface area contributed by atoms with Crippen LogP contribution in [0.5, 0.6) is 0 Å². The molecule has 1 aliphatic carbocycles. The van der Waals surface area contributed by atoms with E-state index in [2.05, 4.69) is 10.3 Å². The summed E-state index contributed by atoms with van der Waals surface area (Å²) in [4.78, 5) is 45.4. The first-order valence-electron chi connectivity index (χ1n) is 9.42. The van der Waals surface area contributed by atoms with Crippen LogP contribution < -0.4 is 5.32 Å². The van der Waals surface area contributed by atoms with E-state index in [4.69, 9.17) is 0 Å². The van der Waals surface area contributed by atoms with Crippen LogP contribution in [0.15, 0.2) is 24.5 Å². The minimum absolute atomic E-state index is 0.125. The van der Waals surface area contributed by atoms with E-state index in [1.165, 1.54) is 4.90 Å². The van der Waals surface area contributed by atoms with Gasteiger partial charge in [0.2, 0.25) is 17.7 Å². The molecular formula is C19H24N4O3. The normalized spacial score (nSPS) is 29.0. The van der Waals surface area contributed by atoms with Crippen LogP contribution in [0.2, 0.25) is 0 Å². The van der Waals surface area contributed by atoms with Crippen LogP contribution in [0.25, 0.3) is 0 Å². The third-order valence-electron chi connectivity index (χ3n) is 5.86. The number of nitrogens with zero attached hydrogens (tertiary/aromatic N) is 3. The minimum Gasteiger partial charge on any atom is -0.331 e. The lowest BCUT2D eigenvalue weighted by atomic mass is 9.81. The molecule has 3 aliphatic rings. The quantitative estimate of drug-likeness (QED) is 0.808. The van der Waals surface area contributed by atoms with Gasteiger partial charge in [-0.2, -0.15) is 0 Å². The Morgan fingerprint density at radius 2 is 1.92 bits per heavy atom. The van der Waals surface area contributed by atoms with Crippen molar-refractivity contribution in [1.29, 1.82) is 0 Å². The number of aromatic nitrogens is 1. The van der Waals surface area contributed by atoms with E-state index in [0.29, 0.717) is 19.6 Å². The molecule has 1 aromatic rings. The molecule has 2 saturated heterocycles. The Labute approximate surface area is 152 Å². The van der Waals surface area contributed by atoms with Gasteiger partial charge in [-0.3, -0.25) is 24.3 Å². The van der Waals surface area contributed by atoms with Gasteiger partial charge >= 0.3 is 0 Å². The smallest absolute Gasteiger partial charge is 0.243 e. The highest BCUT2D eigenvalue weighted by atomic mass is 16.2. The first-order chi connectivity index (χ1) is 12.7. The molecule has 0 aromatic carbocycles. The summed E-state index contributed by atoms with van der Waals surface area (Å²) in [5, 5.41) is 3.30. The van der Waals surface area contributed by atoms with Crippen molar-refractivity contribution in [2.75, 3.05) is 26.2 Å². The molecular weight excluding hydrogens is 332 g/mol. The molecule has 0 spiro atoms. The monoisotopic (exact) mass is 356 g/mol. The molecule has 3 unspecified atom stereocenters.